The van der Waals surface area contributed by atoms with Crippen molar-refractivity contribution in [3.8, 4) is 22.6 Å². The molecule has 0 radical (unpaired) electrons. The molecule has 38 heavy (non-hydrogen) atoms. The summed E-state index contributed by atoms with van der Waals surface area (Å²) in [7, 11) is -2.43. The van der Waals surface area contributed by atoms with Crippen LogP contribution < -0.4 is 15.4 Å². The molecule has 0 bridgehead atoms. The summed E-state index contributed by atoms with van der Waals surface area (Å²) < 4.78 is 59.5. The quantitative estimate of drug-likeness (QED) is 0.337. The number of hydrogen-bond donors (Lipinski definition) is 1. The number of fused-ring (bicyclic) bond motifs is 2. The number of aryl methyl sites for hydroxylation is 1. The van der Waals surface area contributed by atoms with Gasteiger partial charge in [0.1, 0.15) is 16.2 Å². The molecule has 10 nitrogen and oxygen atoms in total. The maximum atomic E-state index is 14.0. The summed E-state index contributed by atoms with van der Waals surface area (Å²) >= 11 is 0. The molecule has 1 saturated carbocycles. The van der Waals surface area contributed by atoms with E-state index in [1.807, 2.05) is 0 Å². The van der Waals surface area contributed by atoms with Gasteiger partial charge in [-0.1, -0.05) is 12.1 Å². The average molecular weight is 541 g/mol. The Hall–Kier alpha value is -4.10. The van der Waals surface area contributed by atoms with E-state index in [9.17, 15) is 22.0 Å². The Kier molecular flexibility index (Phi) is 5.58. The molecule has 0 unspecified atom stereocenters. The van der Waals surface area contributed by atoms with E-state index in [1.165, 1.54) is 30.5 Å². The lowest BCUT2D eigenvalue weighted by atomic mass is 10.1. The van der Waals surface area contributed by atoms with Gasteiger partial charge in [0.05, 0.1) is 22.3 Å². The topological polar surface area (TPSA) is 127 Å². The number of primary sulfonamides is 1. The van der Waals surface area contributed by atoms with Gasteiger partial charge in [-0.25, -0.2) is 13.6 Å². The van der Waals surface area contributed by atoms with E-state index in [4.69, 9.17) is 5.14 Å². The first-order valence-electron chi connectivity index (χ1n) is 11.8. The van der Waals surface area contributed by atoms with Gasteiger partial charge in [-0.2, -0.15) is 23.7 Å². The van der Waals surface area contributed by atoms with E-state index < -0.39 is 22.2 Å². The molecule has 0 amide bonds. The number of hydrogen-bond acceptors (Lipinski definition) is 6. The normalized spacial score (nSPS) is 14.1. The van der Waals surface area contributed by atoms with Gasteiger partial charge in [-0.05, 0) is 54.7 Å². The number of nitrogens with two attached hydrogens (primary N) is 1. The van der Waals surface area contributed by atoms with Gasteiger partial charge < -0.3 is 9.30 Å². The van der Waals surface area contributed by atoms with Crippen LogP contribution in [0, 0.1) is 5.92 Å². The molecule has 1 fully saturated rings. The van der Waals surface area contributed by atoms with Crippen LogP contribution >= 0.6 is 0 Å². The largest absolute Gasteiger partial charge is 0.435 e. The molecule has 3 heterocycles. The first-order chi connectivity index (χ1) is 18.1. The third-order valence-corrected chi connectivity index (χ3v) is 7.45. The summed E-state index contributed by atoms with van der Waals surface area (Å²) in [6.45, 7) is -2.51. The predicted molar refractivity (Wildman–Crippen MR) is 136 cm³/mol. The van der Waals surface area contributed by atoms with Gasteiger partial charge in [0.2, 0.25) is 10.0 Å². The second kappa shape index (κ2) is 8.74. The van der Waals surface area contributed by atoms with E-state index in [2.05, 4.69) is 14.9 Å². The van der Waals surface area contributed by atoms with Crippen molar-refractivity contribution >= 4 is 32.0 Å². The molecule has 6 rings (SSSR count). The second-order valence-corrected chi connectivity index (χ2v) is 10.9. The van der Waals surface area contributed by atoms with Crippen molar-refractivity contribution < 1.29 is 21.9 Å². The fourth-order valence-corrected chi connectivity index (χ4v) is 5.35. The second-order valence-electron chi connectivity index (χ2n) is 9.37. The van der Waals surface area contributed by atoms with Crippen LogP contribution in [0.4, 0.5) is 8.78 Å². The molecular weight excluding hydrogens is 518 g/mol. The Bertz CT molecular complexity index is 1870. The van der Waals surface area contributed by atoms with Crippen molar-refractivity contribution in [3.05, 3.63) is 65.2 Å². The molecule has 3 aromatic heterocycles. The predicted octanol–water partition coefficient (Wildman–Crippen LogP) is 3.40. The third kappa shape index (κ3) is 4.33. The zero-order valence-electron chi connectivity index (χ0n) is 20.1. The van der Waals surface area contributed by atoms with Crippen molar-refractivity contribution in [2.24, 2.45) is 18.1 Å². The van der Waals surface area contributed by atoms with Gasteiger partial charge in [0, 0.05) is 31.4 Å². The van der Waals surface area contributed by atoms with Crippen LogP contribution in [0.1, 0.15) is 12.8 Å². The molecule has 1 aliphatic rings. The minimum absolute atomic E-state index is 0.0435. The van der Waals surface area contributed by atoms with E-state index in [0.717, 1.165) is 22.9 Å². The van der Waals surface area contributed by atoms with Crippen LogP contribution in [0.5, 0.6) is 5.75 Å². The number of nitrogens with zero attached hydrogens (tertiary/aromatic N) is 5. The van der Waals surface area contributed by atoms with Gasteiger partial charge in [-0.3, -0.25) is 9.48 Å². The maximum absolute atomic E-state index is 14.0. The highest BCUT2D eigenvalue weighted by molar-refractivity contribution is 7.89. The first-order valence-corrected chi connectivity index (χ1v) is 13.3. The number of alkyl halides is 2. The Morgan fingerprint density at radius 2 is 1.84 bits per heavy atom. The fraction of sp³-hybridized carbons (Fsp3) is 0.240. The molecule has 2 aromatic carbocycles. The number of rotatable bonds is 7. The monoisotopic (exact) mass is 540 g/mol. The van der Waals surface area contributed by atoms with Crippen molar-refractivity contribution in [2.75, 3.05) is 0 Å². The molecule has 0 spiro atoms. The molecule has 0 saturated heterocycles. The van der Waals surface area contributed by atoms with Gasteiger partial charge in [0.25, 0.3) is 5.56 Å². The Labute approximate surface area is 214 Å². The Morgan fingerprint density at radius 3 is 2.50 bits per heavy atom. The zero-order chi connectivity index (χ0) is 26.8. The summed E-state index contributed by atoms with van der Waals surface area (Å²) in [6.07, 6.45) is 5.16. The maximum Gasteiger partial charge on any atom is 0.387 e. The fourth-order valence-electron chi connectivity index (χ4n) is 4.67. The molecule has 2 N–H and O–H groups in total. The molecule has 0 atom stereocenters. The lowest BCUT2D eigenvalue weighted by molar-refractivity contribution is -0.0498. The van der Waals surface area contributed by atoms with E-state index in [0.29, 0.717) is 34.7 Å². The third-order valence-electron chi connectivity index (χ3n) is 6.53. The molecular formula is C25H22F2N6O4S. The minimum Gasteiger partial charge on any atom is -0.435 e. The summed E-state index contributed by atoms with van der Waals surface area (Å²) in [5.74, 6) is 0.263. The van der Waals surface area contributed by atoms with E-state index in [-0.39, 0.29) is 21.7 Å². The SMILES string of the molecule is Cn1cc2cc(-n3nc4c(S(N)(=O)=O)cn(CC5CC5)c4c(-c4ccc(OC(F)F)cc4)c3=O)ccc2n1. The Balaban J connectivity index is 1.66. The molecule has 5 aromatic rings. The van der Waals surface area contributed by atoms with Crippen LogP contribution in [0.25, 0.3) is 38.8 Å². The van der Waals surface area contributed by atoms with Crippen LogP contribution in [0.3, 0.4) is 0 Å². The van der Waals surface area contributed by atoms with Crippen LogP contribution in [-0.2, 0) is 23.6 Å². The zero-order valence-corrected chi connectivity index (χ0v) is 20.9. The van der Waals surface area contributed by atoms with Crippen LogP contribution in [0.15, 0.2) is 64.5 Å². The number of ether oxygens (including phenoxy) is 1. The van der Waals surface area contributed by atoms with Crippen molar-refractivity contribution in [1.29, 1.82) is 0 Å². The van der Waals surface area contributed by atoms with Crippen molar-refractivity contribution in [3.63, 3.8) is 0 Å². The first kappa shape index (κ1) is 24.2. The average Bonchev–Trinajstić information content (AvgIpc) is 3.47. The molecule has 1 aliphatic carbocycles. The van der Waals surface area contributed by atoms with E-state index in [1.54, 1.807) is 40.7 Å². The summed E-state index contributed by atoms with van der Waals surface area (Å²) in [5.41, 5.74) is 1.50. The van der Waals surface area contributed by atoms with Crippen molar-refractivity contribution in [1.82, 2.24) is 24.1 Å². The van der Waals surface area contributed by atoms with Crippen LogP contribution in [0.2, 0.25) is 0 Å². The highest BCUT2D eigenvalue weighted by atomic mass is 32.2. The Morgan fingerprint density at radius 1 is 1.11 bits per heavy atom. The highest BCUT2D eigenvalue weighted by Crippen LogP contribution is 2.36. The standard InChI is InChI=1S/C25H22F2N6O4S/c1-31-12-16-10-17(6-9-19(16)29-31)33-24(34)21(15-4-7-18(8-5-15)37-25(26)27)23-22(30-33)20(38(28,35)36)13-32(23)11-14-2-3-14/h4-10,12-14,25H,2-3,11H2,1H3,(H2,28,35,36). The number of halogens is 2. The number of aromatic nitrogens is 5. The van der Waals surface area contributed by atoms with Gasteiger partial charge in [0.15, 0.2) is 0 Å². The molecule has 0 aliphatic heterocycles. The highest BCUT2D eigenvalue weighted by Gasteiger charge is 2.29. The summed E-state index contributed by atoms with van der Waals surface area (Å²) in [6, 6.07) is 10.7. The van der Waals surface area contributed by atoms with Crippen molar-refractivity contribution in [2.45, 2.75) is 30.9 Å². The van der Waals surface area contributed by atoms with Gasteiger partial charge >= 0.3 is 6.61 Å². The number of benzene rings is 2. The van der Waals surface area contributed by atoms with Gasteiger partial charge in [-0.15, -0.1) is 0 Å². The number of sulfonamides is 1. The lowest BCUT2D eigenvalue weighted by Gasteiger charge is -2.13. The molecule has 13 heteroatoms. The molecule has 196 valence electrons. The summed E-state index contributed by atoms with van der Waals surface area (Å²) in [5, 5.41) is 15.2. The van der Waals surface area contributed by atoms with Crippen LogP contribution in [-0.4, -0.2) is 39.2 Å². The summed E-state index contributed by atoms with van der Waals surface area (Å²) in [4.78, 5) is 13.8. The lowest BCUT2D eigenvalue weighted by Crippen LogP contribution is -2.24. The minimum atomic E-state index is -4.20. The van der Waals surface area contributed by atoms with E-state index >= 15 is 0 Å². The smallest absolute Gasteiger partial charge is 0.387 e.